The van der Waals surface area contributed by atoms with Crippen LogP contribution < -0.4 is 10.9 Å². The summed E-state index contributed by atoms with van der Waals surface area (Å²) < 4.78 is 0. The first-order valence-corrected chi connectivity index (χ1v) is 10.1. The number of nitrogens with one attached hydrogen (secondary N) is 2. The highest BCUT2D eigenvalue weighted by Crippen LogP contribution is 2.40. The molecule has 3 fully saturated rings. The van der Waals surface area contributed by atoms with E-state index in [4.69, 9.17) is 0 Å². The number of hydrogen-bond donors (Lipinski definition) is 2. The zero-order chi connectivity index (χ0) is 18.9. The number of carbonyl (C=O) groups is 2. The van der Waals surface area contributed by atoms with Gasteiger partial charge in [-0.3, -0.25) is 14.6 Å². The molecule has 1 spiro atoms. The van der Waals surface area contributed by atoms with E-state index in [1.807, 2.05) is 34.9 Å². The molecule has 2 N–H and O–H groups in total. The molecule has 2 unspecified atom stereocenters. The van der Waals surface area contributed by atoms with Crippen molar-refractivity contribution in [3.8, 4) is 0 Å². The monoisotopic (exact) mass is 371 g/mol. The van der Waals surface area contributed by atoms with E-state index in [-0.39, 0.29) is 29.3 Å². The largest absolute Gasteiger partial charge is 0.342 e. The van der Waals surface area contributed by atoms with Gasteiger partial charge in [-0.2, -0.15) is 0 Å². The van der Waals surface area contributed by atoms with Crippen LogP contribution in [0.2, 0.25) is 0 Å². The first kappa shape index (κ1) is 18.4. The maximum absolute atomic E-state index is 13.0. The second-order valence-corrected chi connectivity index (χ2v) is 8.12. The maximum atomic E-state index is 13.0. The fourth-order valence-electron chi connectivity index (χ4n) is 4.71. The van der Waals surface area contributed by atoms with E-state index in [1.165, 1.54) is 0 Å². The molecule has 7 nitrogen and oxygen atoms in total. The van der Waals surface area contributed by atoms with Crippen molar-refractivity contribution in [3.05, 3.63) is 30.1 Å². The van der Waals surface area contributed by atoms with Crippen molar-refractivity contribution in [2.75, 3.05) is 26.2 Å². The minimum atomic E-state index is -0.203. The van der Waals surface area contributed by atoms with Crippen LogP contribution in [0.5, 0.6) is 0 Å². The lowest BCUT2D eigenvalue weighted by Gasteiger charge is -2.47. The standard InChI is InChI=1S/C20H29N5O2/c1-2-24-14-20(7-6-18(24)26)8-11-25(12-9-20)19(27)17-13-16(22-23-17)15-5-3-4-10-21-15/h3-5,10,16-17,22-23H,2,6-9,11-14H2,1H3. The van der Waals surface area contributed by atoms with Crippen molar-refractivity contribution in [2.24, 2.45) is 5.41 Å². The number of nitrogens with zero attached hydrogens (tertiary/aromatic N) is 3. The quantitative estimate of drug-likeness (QED) is 0.836. The Bertz CT molecular complexity index is 687. The molecular weight excluding hydrogens is 342 g/mol. The van der Waals surface area contributed by atoms with Gasteiger partial charge in [-0.1, -0.05) is 6.07 Å². The smallest absolute Gasteiger partial charge is 0.241 e. The molecule has 7 heteroatoms. The minimum Gasteiger partial charge on any atom is -0.342 e. The Kier molecular flexibility index (Phi) is 5.14. The zero-order valence-corrected chi connectivity index (χ0v) is 16.0. The molecule has 4 heterocycles. The Balaban J connectivity index is 1.32. The number of aromatic nitrogens is 1. The molecule has 0 saturated carbocycles. The van der Waals surface area contributed by atoms with Gasteiger partial charge in [0.1, 0.15) is 6.04 Å². The molecule has 3 aliphatic rings. The van der Waals surface area contributed by atoms with Gasteiger partial charge in [0.2, 0.25) is 11.8 Å². The van der Waals surface area contributed by atoms with Crippen LogP contribution in [-0.2, 0) is 9.59 Å². The van der Waals surface area contributed by atoms with Gasteiger partial charge in [-0.25, -0.2) is 10.9 Å². The van der Waals surface area contributed by atoms with Gasteiger partial charge in [0, 0.05) is 38.8 Å². The maximum Gasteiger partial charge on any atom is 0.241 e. The highest BCUT2D eigenvalue weighted by molar-refractivity contribution is 5.82. The summed E-state index contributed by atoms with van der Waals surface area (Å²) in [4.78, 5) is 33.3. The Morgan fingerprint density at radius 3 is 2.78 bits per heavy atom. The van der Waals surface area contributed by atoms with Crippen molar-refractivity contribution in [2.45, 2.75) is 51.1 Å². The van der Waals surface area contributed by atoms with E-state index < -0.39 is 0 Å². The molecule has 2 amide bonds. The number of piperidine rings is 2. The molecule has 0 radical (unpaired) electrons. The van der Waals surface area contributed by atoms with Gasteiger partial charge in [0.05, 0.1) is 11.7 Å². The summed E-state index contributed by atoms with van der Waals surface area (Å²) in [5.41, 5.74) is 7.54. The predicted octanol–water partition coefficient (Wildman–Crippen LogP) is 1.24. The second-order valence-electron chi connectivity index (χ2n) is 8.12. The van der Waals surface area contributed by atoms with Gasteiger partial charge < -0.3 is 9.80 Å². The van der Waals surface area contributed by atoms with Crippen LogP contribution in [0.3, 0.4) is 0 Å². The molecule has 0 bridgehead atoms. The molecule has 3 aliphatic heterocycles. The first-order valence-electron chi connectivity index (χ1n) is 10.1. The van der Waals surface area contributed by atoms with Gasteiger partial charge >= 0.3 is 0 Å². The third-order valence-electron chi connectivity index (χ3n) is 6.51. The van der Waals surface area contributed by atoms with Gasteiger partial charge in [-0.15, -0.1) is 0 Å². The van der Waals surface area contributed by atoms with Crippen LogP contribution in [0.1, 0.15) is 50.8 Å². The molecule has 27 heavy (non-hydrogen) atoms. The lowest BCUT2D eigenvalue weighted by molar-refractivity contribution is -0.143. The molecule has 0 aliphatic carbocycles. The van der Waals surface area contributed by atoms with Crippen molar-refractivity contribution in [1.82, 2.24) is 25.6 Å². The molecule has 3 saturated heterocycles. The molecule has 1 aromatic heterocycles. The van der Waals surface area contributed by atoms with Crippen LogP contribution in [0.25, 0.3) is 0 Å². The van der Waals surface area contributed by atoms with Crippen molar-refractivity contribution < 1.29 is 9.59 Å². The highest BCUT2D eigenvalue weighted by atomic mass is 16.2. The summed E-state index contributed by atoms with van der Waals surface area (Å²) in [6, 6.07) is 5.72. The summed E-state index contributed by atoms with van der Waals surface area (Å²) in [7, 11) is 0. The average molecular weight is 371 g/mol. The average Bonchev–Trinajstić information content (AvgIpc) is 3.21. The Morgan fingerprint density at radius 2 is 2.07 bits per heavy atom. The van der Waals surface area contributed by atoms with Crippen molar-refractivity contribution in [1.29, 1.82) is 0 Å². The van der Waals surface area contributed by atoms with E-state index in [9.17, 15) is 9.59 Å². The Hall–Kier alpha value is -1.99. The van der Waals surface area contributed by atoms with E-state index in [2.05, 4.69) is 15.8 Å². The summed E-state index contributed by atoms with van der Waals surface area (Å²) >= 11 is 0. The number of hydrazine groups is 1. The van der Waals surface area contributed by atoms with Gasteiger partial charge in [-0.05, 0) is 50.2 Å². The number of hydrogen-bond acceptors (Lipinski definition) is 5. The van der Waals surface area contributed by atoms with Crippen LogP contribution in [-0.4, -0.2) is 58.8 Å². The summed E-state index contributed by atoms with van der Waals surface area (Å²) in [5.74, 6) is 0.457. The highest BCUT2D eigenvalue weighted by Gasteiger charge is 2.42. The molecule has 1 aromatic rings. The Labute approximate surface area is 160 Å². The molecular formula is C20H29N5O2. The normalized spacial score (nSPS) is 28.0. The fourth-order valence-corrected chi connectivity index (χ4v) is 4.71. The number of rotatable bonds is 3. The Morgan fingerprint density at radius 1 is 1.26 bits per heavy atom. The number of pyridine rings is 1. The summed E-state index contributed by atoms with van der Waals surface area (Å²) in [6.07, 6.45) is 6.11. The molecule has 4 rings (SSSR count). The zero-order valence-electron chi connectivity index (χ0n) is 16.0. The number of carbonyl (C=O) groups excluding carboxylic acids is 2. The molecule has 2 atom stereocenters. The SMILES string of the molecule is CCN1CC2(CCC1=O)CCN(C(=O)C1CC(c3ccccn3)NN1)CC2. The minimum absolute atomic E-state index is 0.0683. The molecule has 0 aromatic carbocycles. The lowest BCUT2D eigenvalue weighted by Crippen LogP contribution is -2.54. The lowest BCUT2D eigenvalue weighted by atomic mass is 9.72. The van der Waals surface area contributed by atoms with Crippen molar-refractivity contribution in [3.63, 3.8) is 0 Å². The van der Waals surface area contributed by atoms with Crippen molar-refractivity contribution >= 4 is 11.8 Å². The summed E-state index contributed by atoms with van der Waals surface area (Å²) in [6.45, 7) is 5.27. The summed E-state index contributed by atoms with van der Waals surface area (Å²) in [5, 5.41) is 0. The van der Waals surface area contributed by atoms with E-state index in [1.54, 1.807) is 6.20 Å². The van der Waals surface area contributed by atoms with E-state index in [0.717, 1.165) is 57.6 Å². The number of likely N-dealkylation sites (tertiary alicyclic amines) is 2. The van der Waals surface area contributed by atoms with E-state index >= 15 is 0 Å². The van der Waals surface area contributed by atoms with Crippen LogP contribution in [0, 0.1) is 5.41 Å². The molecule has 146 valence electrons. The number of amides is 2. The topological polar surface area (TPSA) is 77.6 Å². The van der Waals surface area contributed by atoms with Gasteiger partial charge in [0.15, 0.2) is 0 Å². The van der Waals surface area contributed by atoms with Crippen LogP contribution in [0.4, 0.5) is 0 Å². The van der Waals surface area contributed by atoms with E-state index in [0.29, 0.717) is 6.42 Å². The van der Waals surface area contributed by atoms with Crippen LogP contribution >= 0.6 is 0 Å². The van der Waals surface area contributed by atoms with Gasteiger partial charge in [0.25, 0.3) is 0 Å². The fraction of sp³-hybridized carbons (Fsp3) is 0.650. The third-order valence-corrected chi connectivity index (χ3v) is 6.51. The second kappa shape index (κ2) is 7.56. The predicted molar refractivity (Wildman–Crippen MR) is 101 cm³/mol. The third kappa shape index (κ3) is 3.71. The first-order chi connectivity index (χ1) is 13.1. The van der Waals surface area contributed by atoms with Crippen LogP contribution in [0.15, 0.2) is 24.4 Å².